The van der Waals surface area contributed by atoms with E-state index < -0.39 is 12.5 Å². The second-order valence-corrected chi connectivity index (χ2v) is 3.94. The molecule has 0 amide bonds. The minimum Gasteiger partial charge on any atom is -0.493 e. The maximum absolute atomic E-state index is 12.5. The lowest BCUT2D eigenvalue weighted by molar-refractivity contribution is 0.116. The average molecular weight is 333 g/mol. The first-order chi connectivity index (χ1) is 7.51. The largest absolute Gasteiger partial charge is 0.493 e. The number of ether oxygens (including phenoxy) is 2. The molecule has 0 aliphatic rings. The van der Waals surface area contributed by atoms with Gasteiger partial charge in [0.15, 0.2) is 11.5 Å². The molecule has 98 valence electrons. The molecule has 0 fully saturated rings. The highest BCUT2D eigenvalue weighted by Gasteiger charge is 2.22. The Morgan fingerprint density at radius 3 is 2.06 bits per heavy atom. The van der Waals surface area contributed by atoms with Crippen molar-refractivity contribution >= 4 is 28.3 Å². The number of alkyl halides is 2. The summed E-state index contributed by atoms with van der Waals surface area (Å²) in [6.07, 6.45) is -2.63. The van der Waals surface area contributed by atoms with Gasteiger partial charge in [-0.1, -0.05) is 15.9 Å². The summed E-state index contributed by atoms with van der Waals surface area (Å²) in [6.45, 7) is 0. The number of methoxy groups -OCH3 is 2. The lowest BCUT2D eigenvalue weighted by atomic mass is 10.1. The summed E-state index contributed by atoms with van der Waals surface area (Å²) in [5, 5.41) is 0. The van der Waals surface area contributed by atoms with Crippen LogP contribution in [-0.4, -0.2) is 20.6 Å². The number of nitrogens with two attached hydrogens (primary N) is 1. The quantitative estimate of drug-likeness (QED) is 0.921. The molecular weight excluding hydrogens is 319 g/mol. The maximum Gasteiger partial charge on any atom is 0.257 e. The molecule has 0 spiro atoms. The summed E-state index contributed by atoms with van der Waals surface area (Å²) < 4.78 is 35.5. The van der Waals surface area contributed by atoms with E-state index in [9.17, 15) is 8.78 Å². The van der Waals surface area contributed by atoms with Gasteiger partial charge < -0.3 is 15.2 Å². The van der Waals surface area contributed by atoms with E-state index in [0.717, 1.165) is 0 Å². The zero-order valence-electron chi connectivity index (χ0n) is 9.25. The minimum absolute atomic E-state index is 0. The summed E-state index contributed by atoms with van der Waals surface area (Å²) in [5.41, 5.74) is 5.66. The van der Waals surface area contributed by atoms with Crippen molar-refractivity contribution in [2.45, 2.75) is 12.5 Å². The third kappa shape index (κ3) is 3.69. The fourth-order valence-corrected chi connectivity index (χ4v) is 1.85. The Morgan fingerprint density at radius 1 is 1.18 bits per heavy atom. The standard InChI is InChI=1S/C10H12BrF2NO2.ClH/c1-15-7-3-5(9(14)10(12)13)6(11)4-8(7)16-2;/h3-4,9-10H,14H2,1-2H3;1H/t9-;/m1./s1. The second-order valence-electron chi connectivity index (χ2n) is 3.09. The highest BCUT2D eigenvalue weighted by atomic mass is 79.9. The third-order valence-corrected chi connectivity index (χ3v) is 2.82. The topological polar surface area (TPSA) is 44.5 Å². The Hall–Kier alpha value is -0.590. The van der Waals surface area contributed by atoms with Crippen molar-refractivity contribution in [2.75, 3.05) is 14.2 Å². The van der Waals surface area contributed by atoms with Crippen LogP contribution in [0.25, 0.3) is 0 Å². The van der Waals surface area contributed by atoms with Crippen molar-refractivity contribution in [3.8, 4) is 11.5 Å². The Labute approximate surface area is 113 Å². The van der Waals surface area contributed by atoms with Gasteiger partial charge in [-0.05, 0) is 17.7 Å². The molecule has 1 atom stereocenters. The maximum atomic E-state index is 12.5. The van der Waals surface area contributed by atoms with E-state index >= 15 is 0 Å². The molecule has 1 aromatic rings. The molecular formula is C10H13BrClF2NO2. The number of rotatable bonds is 4. The molecule has 0 unspecified atom stereocenters. The molecule has 17 heavy (non-hydrogen) atoms. The zero-order chi connectivity index (χ0) is 12.3. The van der Waals surface area contributed by atoms with Gasteiger partial charge in [-0.2, -0.15) is 0 Å². The molecule has 0 radical (unpaired) electrons. The summed E-state index contributed by atoms with van der Waals surface area (Å²) in [6, 6.07) is 1.64. The first kappa shape index (κ1) is 16.4. The van der Waals surface area contributed by atoms with E-state index in [0.29, 0.717) is 16.0 Å². The van der Waals surface area contributed by atoms with Crippen LogP contribution in [0.15, 0.2) is 16.6 Å². The third-order valence-electron chi connectivity index (χ3n) is 2.13. The predicted octanol–water partition coefficient (Wildman–Crippen LogP) is 3.15. The summed E-state index contributed by atoms with van der Waals surface area (Å²) in [7, 11) is 2.90. The van der Waals surface area contributed by atoms with E-state index in [1.54, 1.807) is 6.07 Å². The van der Waals surface area contributed by atoms with Crippen LogP contribution in [0, 0.1) is 0 Å². The molecule has 7 heteroatoms. The highest BCUT2D eigenvalue weighted by molar-refractivity contribution is 9.10. The first-order valence-corrected chi connectivity index (χ1v) is 5.25. The van der Waals surface area contributed by atoms with Gasteiger partial charge in [0.1, 0.15) is 0 Å². The van der Waals surface area contributed by atoms with Crippen molar-refractivity contribution in [1.29, 1.82) is 0 Å². The molecule has 0 saturated carbocycles. The first-order valence-electron chi connectivity index (χ1n) is 4.46. The van der Waals surface area contributed by atoms with Gasteiger partial charge in [0.2, 0.25) is 0 Å². The van der Waals surface area contributed by atoms with Gasteiger partial charge in [0.25, 0.3) is 6.43 Å². The molecule has 0 aliphatic carbocycles. The van der Waals surface area contributed by atoms with Gasteiger partial charge in [-0.3, -0.25) is 0 Å². The van der Waals surface area contributed by atoms with Crippen LogP contribution in [0.3, 0.4) is 0 Å². The molecule has 1 rings (SSSR count). The predicted molar refractivity (Wildman–Crippen MR) is 67.4 cm³/mol. The monoisotopic (exact) mass is 331 g/mol. The van der Waals surface area contributed by atoms with Crippen LogP contribution < -0.4 is 15.2 Å². The zero-order valence-corrected chi connectivity index (χ0v) is 11.6. The van der Waals surface area contributed by atoms with Crippen LogP contribution in [0.5, 0.6) is 11.5 Å². The average Bonchev–Trinajstić information content (AvgIpc) is 2.27. The number of hydrogen-bond donors (Lipinski definition) is 1. The lowest BCUT2D eigenvalue weighted by Gasteiger charge is -2.16. The molecule has 0 aromatic heterocycles. The van der Waals surface area contributed by atoms with Crippen LogP contribution in [0.1, 0.15) is 11.6 Å². The Balaban J connectivity index is 0.00000256. The second kappa shape index (κ2) is 6.98. The summed E-state index contributed by atoms with van der Waals surface area (Å²) >= 11 is 3.17. The van der Waals surface area contributed by atoms with Crippen molar-refractivity contribution in [1.82, 2.24) is 0 Å². The normalized spacial score (nSPS) is 11.9. The van der Waals surface area contributed by atoms with Crippen molar-refractivity contribution < 1.29 is 18.3 Å². The van der Waals surface area contributed by atoms with Gasteiger partial charge >= 0.3 is 0 Å². The van der Waals surface area contributed by atoms with E-state index in [-0.39, 0.29) is 18.0 Å². The van der Waals surface area contributed by atoms with Gasteiger partial charge in [0.05, 0.1) is 20.3 Å². The van der Waals surface area contributed by atoms with Crippen LogP contribution in [0.4, 0.5) is 8.78 Å². The van der Waals surface area contributed by atoms with Gasteiger partial charge in [0, 0.05) is 4.47 Å². The lowest BCUT2D eigenvalue weighted by Crippen LogP contribution is -2.19. The molecule has 0 aliphatic heterocycles. The molecule has 0 heterocycles. The Kier molecular flexibility index (Phi) is 6.74. The fourth-order valence-electron chi connectivity index (χ4n) is 1.26. The summed E-state index contributed by atoms with van der Waals surface area (Å²) in [5.74, 6) is 0.830. The van der Waals surface area contributed by atoms with Crippen molar-refractivity contribution in [3.63, 3.8) is 0 Å². The molecule has 0 bridgehead atoms. The molecule has 0 saturated heterocycles. The number of hydrogen-bond acceptors (Lipinski definition) is 3. The smallest absolute Gasteiger partial charge is 0.257 e. The number of benzene rings is 1. The molecule has 3 nitrogen and oxygen atoms in total. The van der Waals surface area contributed by atoms with Crippen LogP contribution >= 0.6 is 28.3 Å². The SMILES string of the molecule is COc1cc(Br)c([C@@H](N)C(F)F)cc1OC.Cl. The van der Waals surface area contributed by atoms with E-state index in [1.807, 2.05) is 0 Å². The highest BCUT2D eigenvalue weighted by Crippen LogP contribution is 2.36. The van der Waals surface area contributed by atoms with E-state index in [1.165, 1.54) is 20.3 Å². The van der Waals surface area contributed by atoms with E-state index in [4.69, 9.17) is 15.2 Å². The summed E-state index contributed by atoms with van der Waals surface area (Å²) in [4.78, 5) is 0. The Morgan fingerprint density at radius 2 is 1.65 bits per heavy atom. The van der Waals surface area contributed by atoms with Crippen LogP contribution in [-0.2, 0) is 0 Å². The van der Waals surface area contributed by atoms with Gasteiger partial charge in [-0.25, -0.2) is 8.78 Å². The van der Waals surface area contributed by atoms with Gasteiger partial charge in [-0.15, -0.1) is 12.4 Å². The van der Waals surface area contributed by atoms with Crippen molar-refractivity contribution in [2.24, 2.45) is 5.73 Å². The number of halogens is 4. The fraction of sp³-hybridized carbons (Fsp3) is 0.400. The van der Waals surface area contributed by atoms with Crippen LogP contribution in [0.2, 0.25) is 0 Å². The molecule has 1 aromatic carbocycles. The van der Waals surface area contributed by atoms with Crippen molar-refractivity contribution in [3.05, 3.63) is 22.2 Å². The minimum atomic E-state index is -2.63. The Bertz CT molecular complexity index is 380. The molecule has 2 N–H and O–H groups in total. The van der Waals surface area contributed by atoms with E-state index in [2.05, 4.69) is 15.9 Å².